The average Bonchev–Trinajstić information content (AvgIpc) is 2.73. The molecular weight excluding hydrogens is 224 g/mol. The summed E-state index contributed by atoms with van der Waals surface area (Å²) in [7, 11) is 1.53. The van der Waals surface area contributed by atoms with Gasteiger partial charge in [0.2, 0.25) is 5.91 Å². The van der Waals surface area contributed by atoms with Gasteiger partial charge in [0.25, 0.3) is 0 Å². The normalized spacial score (nSPS) is 21.5. The Morgan fingerprint density at radius 2 is 2.29 bits per heavy atom. The smallest absolute Gasteiger partial charge is 0.303 e. The quantitative estimate of drug-likeness (QED) is 0.667. The molecule has 1 heterocycles. The summed E-state index contributed by atoms with van der Waals surface area (Å²) >= 11 is 0. The standard InChI is InChI=1S/C11H20N2O4/c1-17-9(6-12)5-10(14)13-3-2-8(7-13)4-11(15)16/h8-9H,2-7,12H2,1H3,(H,15,16). The molecule has 1 amide bonds. The number of nitrogens with two attached hydrogens (primary N) is 1. The summed E-state index contributed by atoms with van der Waals surface area (Å²) in [5, 5.41) is 8.68. The Morgan fingerprint density at radius 3 is 2.82 bits per heavy atom. The first-order valence-electron chi connectivity index (χ1n) is 5.79. The molecule has 0 spiro atoms. The number of methoxy groups -OCH3 is 1. The number of nitrogens with zero attached hydrogens (tertiary/aromatic N) is 1. The summed E-state index contributed by atoms with van der Waals surface area (Å²) in [6.45, 7) is 1.48. The number of likely N-dealkylation sites (tertiary alicyclic amines) is 1. The Kier molecular flexibility index (Phi) is 5.37. The van der Waals surface area contributed by atoms with E-state index in [2.05, 4.69) is 0 Å². The SMILES string of the molecule is COC(CN)CC(=O)N1CCC(CC(=O)O)C1. The van der Waals surface area contributed by atoms with Crippen LogP contribution in [0.25, 0.3) is 0 Å². The van der Waals surface area contributed by atoms with Gasteiger partial charge in [-0.05, 0) is 12.3 Å². The number of hydrogen-bond acceptors (Lipinski definition) is 4. The van der Waals surface area contributed by atoms with Gasteiger partial charge < -0.3 is 20.5 Å². The van der Waals surface area contributed by atoms with Crippen LogP contribution >= 0.6 is 0 Å². The lowest BCUT2D eigenvalue weighted by molar-refractivity contribution is -0.138. The molecule has 3 N–H and O–H groups in total. The van der Waals surface area contributed by atoms with E-state index in [0.29, 0.717) is 19.6 Å². The maximum absolute atomic E-state index is 11.8. The van der Waals surface area contributed by atoms with Crippen molar-refractivity contribution in [2.45, 2.75) is 25.4 Å². The van der Waals surface area contributed by atoms with E-state index in [1.54, 1.807) is 4.90 Å². The molecule has 6 heteroatoms. The van der Waals surface area contributed by atoms with Crippen LogP contribution in [0.15, 0.2) is 0 Å². The Bertz CT molecular complexity index is 279. The van der Waals surface area contributed by atoms with Gasteiger partial charge in [-0.2, -0.15) is 0 Å². The van der Waals surface area contributed by atoms with E-state index in [0.717, 1.165) is 6.42 Å². The second-order valence-corrected chi connectivity index (χ2v) is 4.39. The third-order valence-corrected chi connectivity index (χ3v) is 3.10. The van der Waals surface area contributed by atoms with E-state index in [1.807, 2.05) is 0 Å². The molecule has 0 saturated carbocycles. The maximum atomic E-state index is 11.8. The zero-order valence-corrected chi connectivity index (χ0v) is 10.1. The van der Waals surface area contributed by atoms with Crippen LogP contribution in [0.4, 0.5) is 0 Å². The first-order chi connectivity index (χ1) is 8.06. The highest BCUT2D eigenvalue weighted by Gasteiger charge is 2.28. The number of carbonyl (C=O) groups excluding carboxylic acids is 1. The molecule has 0 aromatic carbocycles. The number of hydrogen-bond donors (Lipinski definition) is 2. The molecule has 2 unspecified atom stereocenters. The van der Waals surface area contributed by atoms with E-state index >= 15 is 0 Å². The van der Waals surface area contributed by atoms with Crippen molar-refractivity contribution >= 4 is 11.9 Å². The van der Waals surface area contributed by atoms with Crippen LogP contribution in [0.5, 0.6) is 0 Å². The second kappa shape index (κ2) is 6.56. The fourth-order valence-electron chi connectivity index (χ4n) is 2.06. The summed E-state index contributed by atoms with van der Waals surface area (Å²) in [6.07, 6.45) is 0.917. The van der Waals surface area contributed by atoms with Crippen molar-refractivity contribution in [3.05, 3.63) is 0 Å². The van der Waals surface area contributed by atoms with E-state index < -0.39 is 5.97 Å². The van der Waals surface area contributed by atoms with Crippen LogP contribution in [0, 0.1) is 5.92 Å². The van der Waals surface area contributed by atoms with Crippen molar-refractivity contribution in [2.24, 2.45) is 11.7 Å². The first kappa shape index (κ1) is 13.9. The van der Waals surface area contributed by atoms with Crippen molar-refractivity contribution in [1.82, 2.24) is 4.90 Å². The van der Waals surface area contributed by atoms with Crippen molar-refractivity contribution in [3.63, 3.8) is 0 Å². The van der Waals surface area contributed by atoms with Gasteiger partial charge in [-0.15, -0.1) is 0 Å². The van der Waals surface area contributed by atoms with Crippen molar-refractivity contribution in [3.8, 4) is 0 Å². The lowest BCUT2D eigenvalue weighted by Gasteiger charge is -2.19. The van der Waals surface area contributed by atoms with Gasteiger partial charge in [-0.25, -0.2) is 0 Å². The summed E-state index contributed by atoms with van der Waals surface area (Å²) < 4.78 is 5.05. The Labute approximate surface area is 101 Å². The molecule has 1 fully saturated rings. The minimum absolute atomic E-state index is 0.00445. The molecule has 0 aromatic heterocycles. The summed E-state index contributed by atoms with van der Waals surface area (Å²) in [5.41, 5.74) is 5.45. The van der Waals surface area contributed by atoms with E-state index in [-0.39, 0.29) is 30.8 Å². The molecule has 1 saturated heterocycles. The van der Waals surface area contributed by atoms with Gasteiger partial charge in [0.15, 0.2) is 0 Å². The van der Waals surface area contributed by atoms with Crippen molar-refractivity contribution in [1.29, 1.82) is 0 Å². The summed E-state index contributed by atoms with van der Waals surface area (Å²) in [5.74, 6) is -0.730. The molecule has 2 atom stereocenters. The average molecular weight is 244 g/mol. The Hall–Kier alpha value is -1.14. The van der Waals surface area contributed by atoms with Gasteiger partial charge in [-0.1, -0.05) is 0 Å². The lowest BCUT2D eigenvalue weighted by atomic mass is 10.1. The summed E-state index contributed by atoms with van der Waals surface area (Å²) in [4.78, 5) is 24.1. The number of ether oxygens (including phenoxy) is 1. The molecule has 0 bridgehead atoms. The molecule has 0 aromatic rings. The van der Waals surface area contributed by atoms with Gasteiger partial charge in [0.1, 0.15) is 0 Å². The predicted molar refractivity (Wildman–Crippen MR) is 61.4 cm³/mol. The molecule has 98 valence electrons. The monoisotopic (exact) mass is 244 g/mol. The number of aliphatic carboxylic acids is 1. The van der Waals surface area contributed by atoms with Crippen LogP contribution in [0.1, 0.15) is 19.3 Å². The van der Waals surface area contributed by atoms with Crippen molar-refractivity contribution < 1.29 is 19.4 Å². The highest BCUT2D eigenvalue weighted by molar-refractivity contribution is 5.77. The molecule has 17 heavy (non-hydrogen) atoms. The fraction of sp³-hybridized carbons (Fsp3) is 0.818. The number of amides is 1. The van der Waals surface area contributed by atoms with Crippen LogP contribution in [-0.2, 0) is 14.3 Å². The molecule has 0 aliphatic carbocycles. The van der Waals surface area contributed by atoms with E-state index in [9.17, 15) is 9.59 Å². The largest absolute Gasteiger partial charge is 0.481 e. The van der Waals surface area contributed by atoms with Crippen LogP contribution in [0.2, 0.25) is 0 Å². The maximum Gasteiger partial charge on any atom is 0.303 e. The molecule has 6 nitrogen and oxygen atoms in total. The van der Waals surface area contributed by atoms with Crippen LogP contribution < -0.4 is 5.73 Å². The van der Waals surface area contributed by atoms with Crippen LogP contribution in [0.3, 0.4) is 0 Å². The third-order valence-electron chi connectivity index (χ3n) is 3.10. The minimum Gasteiger partial charge on any atom is -0.481 e. The van der Waals surface area contributed by atoms with Crippen molar-refractivity contribution in [2.75, 3.05) is 26.7 Å². The minimum atomic E-state index is -0.805. The number of carboxylic acid groups (broad SMARTS) is 1. The number of rotatable bonds is 6. The zero-order chi connectivity index (χ0) is 12.8. The first-order valence-corrected chi connectivity index (χ1v) is 5.79. The fourth-order valence-corrected chi connectivity index (χ4v) is 2.06. The molecule has 1 aliphatic rings. The third kappa shape index (κ3) is 4.32. The predicted octanol–water partition coefficient (Wildman–Crippen LogP) is -0.327. The van der Waals surface area contributed by atoms with Gasteiger partial charge >= 0.3 is 5.97 Å². The summed E-state index contributed by atoms with van der Waals surface area (Å²) in [6, 6.07) is 0. The lowest BCUT2D eigenvalue weighted by Crippen LogP contribution is -2.34. The Balaban J connectivity index is 2.37. The second-order valence-electron chi connectivity index (χ2n) is 4.39. The highest BCUT2D eigenvalue weighted by atomic mass is 16.5. The molecular formula is C11H20N2O4. The van der Waals surface area contributed by atoms with Gasteiger partial charge in [0.05, 0.1) is 12.5 Å². The Morgan fingerprint density at radius 1 is 1.59 bits per heavy atom. The number of carboxylic acids is 1. The van der Waals surface area contributed by atoms with Crippen LogP contribution in [-0.4, -0.2) is 54.7 Å². The number of carbonyl (C=O) groups is 2. The molecule has 0 radical (unpaired) electrons. The molecule has 1 aliphatic heterocycles. The van der Waals surface area contributed by atoms with E-state index in [1.165, 1.54) is 7.11 Å². The van der Waals surface area contributed by atoms with E-state index in [4.69, 9.17) is 15.6 Å². The van der Waals surface area contributed by atoms with Gasteiger partial charge in [0, 0.05) is 33.2 Å². The van der Waals surface area contributed by atoms with Gasteiger partial charge in [-0.3, -0.25) is 9.59 Å². The topological polar surface area (TPSA) is 92.9 Å². The zero-order valence-electron chi connectivity index (χ0n) is 10.1. The highest BCUT2D eigenvalue weighted by Crippen LogP contribution is 2.20. The molecule has 1 rings (SSSR count).